The fourth-order valence-electron chi connectivity index (χ4n) is 2.74. The van der Waals surface area contributed by atoms with Crippen LogP contribution >= 0.6 is 23.4 Å². The van der Waals surface area contributed by atoms with Gasteiger partial charge < -0.3 is 14.2 Å². The average molecular weight is 459 g/mol. The van der Waals surface area contributed by atoms with E-state index in [4.69, 9.17) is 31.1 Å². The highest BCUT2D eigenvalue weighted by Gasteiger charge is 2.34. The minimum atomic E-state index is -0.377. The van der Waals surface area contributed by atoms with Crippen LogP contribution in [0.4, 0.5) is 4.79 Å². The maximum Gasteiger partial charge on any atom is 0.293 e. The molecule has 160 valence electrons. The molecule has 1 saturated heterocycles. The minimum Gasteiger partial charge on any atom is -0.492 e. The van der Waals surface area contributed by atoms with Gasteiger partial charge in [-0.15, -0.1) is 0 Å². The lowest BCUT2D eigenvalue weighted by atomic mass is 10.2. The summed E-state index contributed by atoms with van der Waals surface area (Å²) in [5.74, 6) is 1.13. The molecule has 2 amide bonds. The van der Waals surface area contributed by atoms with Crippen molar-refractivity contribution in [3.05, 3.63) is 58.0 Å². The molecule has 2 aromatic carbocycles. The van der Waals surface area contributed by atoms with Gasteiger partial charge in [0, 0.05) is 5.02 Å². The van der Waals surface area contributed by atoms with E-state index >= 15 is 0 Å². The van der Waals surface area contributed by atoms with Crippen LogP contribution in [0.25, 0.3) is 6.08 Å². The van der Waals surface area contributed by atoms with Gasteiger partial charge in [0.2, 0.25) is 0 Å². The molecule has 0 radical (unpaired) electrons. The third kappa shape index (κ3) is 5.94. The van der Waals surface area contributed by atoms with Crippen LogP contribution < -0.4 is 14.2 Å². The average Bonchev–Trinajstić information content (AvgIpc) is 3.02. The van der Waals surface area contributed by atoms with E-state index in [2.05, 4.69) is 0 Å². The first-order valence-corrected chi connectivity index (χ1v) is 10.6. The molecule has 9 heteroatoms. The molecule has 1 aliphatic rings. The summed E-state index contributed by atoms with van der Waals surface area (Å²) in [4.78, 5) is 26.4. The molecule has 7 nitrogen and oxygen atoms in total. The van der Waals surface area contributed by atoms with Gasteiger partial charge in [0.25, 0.3) is 11.1 Å². The van der Waals surface area contributed by atoms with Gasteiger partial charge >= 0.3 is 0 Å². The number of carbonyl (C=O) groups is 2. The number of hydrogen-bond donors (Lipinski definition) is 0. The summed E-state index contributed by atoms with van der Waals surface area (Å²) in [6.07, 6.45) is 1.63. The Hall–Kier alpha value is -3.15. The highest BCUT2D eigenvalue weighted by atomic mass is 35.5. The lowest BCUT2D eigenvalue weighted by Crippen LogP contribution is -2.32. The normalized spacial score (nSPS) is 14.6. The molecule has 1 aliphatic heterocycles. The Kier molecular flexibility index (Phi) is 7.82. The molecular formula is C22H19ClN2O5S. The Bertz CT molecular complexity index is 1030. The molecule has 0 aliphatic carbocycles. The smallest absolute Gasteiger partial charge is 0.293 e. The molecule has 0 spiro atoms. The number of nitrogens with zero attached hydrogens (tertiary/aromatic N) is 2. The molecule has 0 N–H and O–H groups in total. The van der Waals surface area contributed by atoms with Crippen molar-refractivity contribution < 1.29 is 23.8 Å². The van der Waals surface area contributed by atoms with Crippen molar-refractivity contribution in [2.75, 3.05) is 26.4 Å². The zero-order valence-corrected chi connectivity index (χ0v) is 18.2. The second-order valence-electron chi connectivity index (χ2n) is 6.22. The predicted octanol–water partition coefficient (Wildman–Crippen LogP) is 4.76. The fraction of sp³-hybridized carbons (Fsp3) is 0.227. The van der Waals surface area contributed by atoms with E-state index < -0.39 is 0 Å². The highest BCUT2D eigenvalue weighted by molar-refractivity contribution is 8.18. The van der Waals surface area contributed by atoms with E-state index in [1.54, 1.807) is 48.5 Å². The Balaban J connectivity index is 1.67. The molecule has 0 saturated carbocycles. The number of carbonyl (C=O) groups excluding carboxylic acids is 2. The number of rotatable bonds is 9. The standard InChI is InChI=1S/C22H19ClN2O5S/c1-2-28-19-13-15(3-8-18(19)30-11-9-24)14-20-21(26)25(22(27)31-20)10-12-29-17-6-4-16(23)5-7-17/h3-8,13-14H,2,10-12H2,1H3/b20-14-. The van der Waals surface area contributed by atoms with Gasteiger partial charge in [-0.05, 0) is 66.7 Å². The summed E-state index contributed by atoms with van der Waals surface area (Å²) in [7, 11) is 0. The van der Waals surface area contributed by atoms with Gasteiger partial charge in [-0.3, -0.25) is 14.5 Å². The monoisotopic (exact) mass is 458 g/mol. The molecule has 0 bridgehead atoms. The van der Waals surface area contributed by atoms with Crippen molar-refractivity contribution in [1.29, 1.82) is 5.26 Å². The van der Waals surface area contributed by atoms with Crippen LogP contribution in [-0.2, 0) is 4.79 Å². The van der Waals surface area contributed by atoms with Gasteiger partial charge in [-0.2, -0.15) is 5.26 Å². The largest absolute Gasteiger partial charge is 0.492 e. The first kappa shape index (κ1) is 22.5. The zero-order valence-electron chi connectivity index (χ0n) is 16.7. The summed E-state index contributed by atoms with van der Waals surface area (Å²) in [6, 6.07) is 13.8. The number of halogens is 1. The number of benzene rings is 2. The Morgan fingerprint density at radius 2 is 1.87 bits per heavy atom. The molecule has 0 atom stereocenters. The Morgan fingerprint density at radius 3 is 2.58 bits per heavy atom. The number of nitriles is 1. The van der Waals surface area contributed by atoms with Crippen LogP contribution in [0.5, 0.6) is 17.2 Å². The van der Waals surface area contributed by atoms with E-state index in [0.29, 0.717) is 39.3 Å². The molecule has 31 heavy (non-hydrogen) atoms. The van der Waals surface area contributed by atoms with Crippen LogP contribution in [0, 0.1) is 11.3 Å². The molecular weight excluding hydrogens is 440 g/mol. The van der Waals surface area contributed by atoms with Crippen molar-refractivity contribution in [2.45, 2.75) is 6.92 Å². The highest BCUT2D eigenvalue weighted by Crippen LogP contribution is 2.34. The van der Waals surface area contributed by atoms with Crippen LogP contribution in [-0.4, -0.2) is 42.4 Å². The van der Waals surface area contributed by atoms with E-state index in [-0.39, 0.29) is 30.9 Å². The summed E-state index contributed by atoms with van der Waals surface area (Å²) < 4.78 is 16.5. The third-order valence-electron chi connectivity index (χ3n) is 4.13. The Morgan fingerprint density at radius 1 is 1.10 bits per heavy atom. The molecule has 0 unspecified atom stereocenters. The van der Waals surface area contributed by atoms with Crippen molar-refractivity contribution >= 4 is 40.6 Å². The van der Waals surface area contributed by atoms with E-state index in [1.165, 1.54) is 0 Å². The summed E-state index contributed by atoms with van der Waals surface area (Å²) in [6.45, 7) is 2.45. The SMILES string of the molecule is CCOc1cc(/C=C2\SC(=O)N(CCOc3ccc(Cl)cc3)C2=O)ccc1OCC#N. The van der Waals surface area contributed by atoms with E-state index in [9.17, 15) is 9.59 Å². The number of thioether (sulfide) groups is 1. The van der Waals surface area contributed by atoms with Gasteiger partial charge in [-0.1, -0.05) is 17.7 Å². The molecule has 1 fully saturated rings. The molecule has 0 aromatic heterocycles. The van der Waals surface area contributed by atoms with Crippen molar-refractivity contribution in [2.24, 2.45) is 0 Å². The quantitative estimate of drug-likeness (QED) is 0.500. The molecule has 1 heterocycles. The Labute approximate surface area is 189 Å². The van der Waals surface area contributed by atoms with Crippen LogP contribution in [0.3, 0.4) is 0 Å². The maximum absolute atomic E-state index is 12.7. The molecule has 3 rings (SSSR count). The minimum absolute atomic E-state index is 0.101. The van der Waals surface area contributed by atoms with Gasteiger partial charge in [0.05, 0.1) is 18.1 Å². The summed E-state index contributed by atoms with van der Waals surface area (Å²) in [5.41, 5.74) is 0.677. The van der Waals surface area contributed by atoms with Crippen molar-refractivity contribution in [1.82, 2.24) is 4.90 Å². The lowest BCUT2D eigenvalue weighted by molar-refractivity contribution is -0.123. The topological polar surface area (TPSA) is 88.9 Å². The van der Waals surface area contributed by atoms with E-state index in [1.807, 2.05) is 13.0 Å². The maximum atomic E-state index is 12.7. The van der Waals surface area contributed by atoms with Gasteiger partial charge in [0.15, 0.2) is 18.1 Å². The number of imide groups is 1. The molecule has 2 aromatic rings. The van der Waals surface area contributed by atoms with Crippen LogP contribution in [0.1, 0.15) is 12.5 Å². The first-order chi connectivity index (χ1) is 15.0. The second-order valence-corrected chi connectivity index (χ2v) is 7.65. The summed E-state index contributed by atoms with van der Waals surface area (Å²) >= 11 is 6.71. The predicted molar refractivity (Wildman–Crippen MR) is 118 cm³/mol. The van der Waals surface area contributed by atoms with Crippen LogP contribution in [0.2, 0.25) is 5.02 Å². The van der Waals surface area contributed by atoms with E-state index in [0.717, 1.165) is 16.7 Å². The second kappa shape index (κ2) is 10.8. The number of hydrogen-bond acceptors (Lipinski definition) is 7. The van der Waals surface area contributed by atoms with Crippen molar-refractivity contribution in [3.8, 4) is 23.3 Å². The first-order valence-electron chi connectivity index (χ1n) is 9.42. The van der Waals surface area contributed by atoms with Gasteiger partial charge in [-0.25, -0.2) is 0 Å². The lowest BCUT2D eigenvalue weighted by Gasteiger charge is -2.13. The zero-order chi connectivity index (χ0) is 22.2. The van der Waals surface area contributed by atoms with Crippen molar-refractivity contribution in [3.63, 3.8) is 0 Å². The number of ether oxygens (including phenoxy) is 3. The fourth-order valence-corrected chi connectivity index (χ4v) is 3.73. The third-order valence-corrected chi connectivity index (χ3v) is 5.29. The summed E-state index contributed by atoms with van der Waals surface area (Å²) in [5, 5.41) is 8.94. The van der Waals surface area contributed by atoms with Gasteiger partial charge in [0.1, 0.15) is 18.4 Å². The van der Waals surface area contributed by atoms with Crippen LogP contribution in [0.15, 0.2) is 47.4 Å². The number of amides is 2.